The van der Waals surface area contributed by atoms with E-state index >= 15 is 0 Å². The van der Waals surface area contributed by atoms with Gasteiger partial charge in [0.1, 0.15) is 5.69 Å². The fourth-order valence-corrected chi connectivity index (χ4v) is 6.19. The number of hydrogen-bond acceptors (Lipinski definition) is 5. The van der Waals surface area contributed by atoms with Crippen molar-refractivity contribution in [2.75, 3.05) is 6.54 Å². The van der Waals surface area contributed by atoms with Crippen molar-refractivity contribution in [3.05, 3.63) is 24.2 Å². The number of rotatable bonds is 3. The highest BCUT2D eigenvalue weighted by Gasteiger charge is 2.60. The van der Waals surface area contributed by atoms with E-state index in [1.165, 1.54) is 0 Å². The number of nitrogens with zero attached hydrogens (tertiary/aromatic N) is 5. The van der Waals surface area contributed by atoms with E-state index in [0.29, 0.717) is 12.2 Å². The lowest BCUT2D eigenvalue weighted by molar-refractivity contribution is -0.132. The van der Waals surface area contributed by atoms with Crippen molar-refractivity contribution in [2.45, 2.75) is 77.5 Å². The highest BCUT2D eigenvalue weighted by molar-refractivity contribution is 5.93. The molecule has 2 bridgehead atoms. The van der Waals surface area contributed by atoms with E-state index in [1.807, 2.05) is 22.7 Å². The minimum absolute atomic E-state index is 0.0636. The number of hydrogen-bond donors (Lipinski definition) is 0. The molecule has 0 radical (unpaired) electrons. The van der Waals surface area contributed by atoms with Gasteiger partial charge in [0, 0.05) is 55.3 Å². The quantitative estimate of drug-likeness (QED) is 0.775. The van der Waals surface area contributed by atoms with Crippen LogP contribution in [0.15, 0.2) is 23.0 Å². The Hall–Kier alpha value is -2.64. The molecule has 4 atom stereocenters. The summed E-state index contributed by atoms with van der Waals surface area (Å²) in [6.07, 6.45) is 8.79. The average Bonchev–Trinajstić information content (AvgIpc) is 3.41. The summed E-state index contributed by atoms with van der Waals surface area (Å²) < 4.78 is 7.30. The summed E-state index contributed by atoms with van der Waals surface area (Å²) >= 11 is 0. The second-order valence-corrected chi connectivity index (χ2v) is 9.22. The van der Waals surface area contributed by atoms with Crippen LogP contribution in [0.4, 0.5) is 0 Å². The zero-order valence-corrected chi connectivity index (χ0v) is 17.9. The van der Waals surface area contributed by atoms with Crippen LogP contribution < -0.4 is 0 Å². The average molecular weight is 412 g/mol. The highest BCUT2D eigenvalue weighted by Crippen LogP contribution is 2.53. The summed E-state index contributed by atoms with van der Waals surface area (Å²) in [5.74, 6) is 0.261. The van der Waals surface area contributed by atoms with E-state index in [0.717, 1.165) is 44.2 Å². The van der Waals surface area contributed by atoms with E-state index in [-0.39, 0.29) is 41.1 Å². The predicted molar refractivity (Wildman–Crippen MR) is 110 cm³/mol. The van der Waals surface area contributed by atoms with Crippen LogP contribution in [0.3, 0.4) is 0 Å². The molecule has 8 heteroatoms. The van der Waals surface area contributed by atoms with Gasteiger partial charge in [0.2, 0.25) is 11.7 Å². The van der Waals surface area contributed by atoms with Crippen LogP contribution >= 0.6 is 0 Å². The molecule has 1 aliphatic carbocycles. The normalized spacial score (nSPS) is 30.4. The number of piperidine rings is 1. The molecule has 5 rings (SSSR count). The number of likely N-dealkylation sites (tertiary alicyclic amines) is 2. The number of aromatic nitrogens is 3. The molecule has 2 aromatic heterocycles. The summed E-state index contributed by atoms with van der Waals surface area (Å²) in [5, 5.41) is 8.39. The molecule has 3 aliphatic rings. The molecule has 4 heterocycles. The molecule has 0 unspecified atom stereocenters. The Morgan fingerprint density at radius 1 is 1.27 bits per heavy atom. The molecule has 1 saturated carbocycles. The van der Waals surface area contributed by atoms with Gasteiger partial charge in [-0.3, -0.25) is 14.3 Å². The van der Waals surface area contributed by atoms with Gasteiger partial charge in [-0.15, -0.1) is 0 Å². The first-order valence-electron chi connectivity index (χ1n) is 11.0. The summed E-state index contributed by atoms with van der Waals surface area (Å²) in [5.41, 5.74) is 1.39. The molecule has 0 spiro atoms. The van der Waals surface area contributed by atoms with Crippen LogP contribution in [0, 0.1) is 5.41 Å². The fourth-order valence-electron chi connectivity index (χ4n) is 6.19. The Morgan fingerprint density at radius 3 is 2.73 bits per heavy atom. The number of aryl methyl sites for hydroxylation is 1. The zero-order chi connectivity index (χ0) is 21.0. The van der Waals surface area contributed by atoms with Crippen LogP contribution in [-0.4, -0.2) is 61.2 Å². The Balaban J connectivity index is 1.46. The first kappa shape index (κ1) is 19.3. The Kier molecular flexibility index (Phi) is 4.48. The van der Waals surface area contributed by atoms with E-state index in [9.17, 15) is 9.59 Å². The molecule has 0 aromatic carbocycles. The lowest BCUT2D eigenvalue weighted by atomic mass is 9.71. The Morgan fingerprint density at radius 2 is 2.03 bits per heavy atom. The van der Waals surface area contributed by atoms with Gasteiger partial charge in [-0.1, -0.05) is 24.9 Å². The lowest BCUT2D eigenvalue weighted by Gasteiger charge is -2.46. The van der Waals surface area contributed by atoms with E-state index in [2.05, 4.69) is 22.1 Å². The molecule has 3 fully saturated rings. The Bertz CT molecular complexity index is 981. The van der Waals surface area contributed by atoms with Crippen LogP contribution in [0.5, 0.6) is 0 Å². The van der Waals surface area contributed by atoms with Crippen LogP contribution in [0.1, 0.15) is 63.4 Å². The molecule has 30 heavy (non-hydrogen) atoms. The molecule has 160 valence electrons. The van der Waals surface area contributed by atoms with Gasteiger partial charge < -0.3 is 14.3 Å². The number of carbonyl (C=O) groups is 2. The topological polar surface area (TPSA) is 84.5 Å². The summed E-state index contributed by atoms with van der Waals surface area (Å²) in [6.45, 7) is 7.29. The number of carbonyl (C=O) groups excluding carboxylic acids is 2. The van der Waals surface area contributed by atoms with E-state index in [1.54, 1.807) is 19.2 Å². The van der Waals surface area contributed by atoms with Crippen molar-refractivity contribution >= 4 is 11.8 Å². The summed E-state index contributed by atoms with van der Waals surface area (Å²) in [6, 6.07) is 2.14. The van der Waals surface area contributed by atoms with Crippen molar-refractivity contribution in [3.63, 3.8) is 0 Å². The monoisotopic (exact) mass is 411 g/mol. The standard InChI is InChI=1S/C22H29N5O3/c1-4-25-12-15(11-23-25)17-9-18(30-24-17)21(29)26-13-16-10-22(3)19(26)7-5-6-8-20(22)27(16)14(2)28/h9,11-12,16,19-20H,4-8,10,13H2,1-3H3/t16-,19+,20-,22+/m0/s1. The minimum Gasteiger partial charge on any atom is -0.350 e. The third-order valence-electron chi connectivity index (χ3n) is 7.51. The first-order chi connectivity index (χ1) is 14.4. The molecule has 2 aliphatic heterocycles. The maximum Gasteiger partial charge on any atom is 0.292 e. The van der Waals surface area contributed by atoms with Crippen molar-refractivity contribution in [2.24, 2.45) is 5.41 Å². The van der Waals surface area contributed by atoms with Gasteiger partial charge >= 0.3 is 0 Å². The predicted octanol–water partition coefficient (Wildman–Crippen LogP) is 2.95. The third kappa shape index (κ3) is 2.80. The first-order valence-corrected chi connectivity index (χ1v) is 11.0. The maximum absolute atomic E-state index is 13.5. The molecule has 0 N–H and O–H groups in total. The van der Waals surface area contributed by atoms with Gasteiger partial charge in [-0.25, -0.2) is 0 Å². The Labute approximate surface area is 176 Å². The second-order valence-electron chi connectivity index (χ2n) is 9.22. The van der Waals surface area contributed by atoms with Crippen molar-refractivity contribution in [3.8, 4) is 11.3 Å². The van der Waals surface area contributed by atoms with Gasteiger partial charge in [0.25, 0.3) is 5.91 Å². The molecule has 2 aromatic rings. The molecule has 2 saturated heterocycles. The van der Waals surface area contributed by atoms with Crippen LogP contribution in [0.25, 0.3) is 11.3 Å². The van der Waals surface area contributed by atoms with Gasteiger partial charge in [-0.2, -0.15) is 5.10 Å². The largest absolute Gasteiger partial charge is 0.350 e. The number of amides is 2. The molecule has 2 amide bonds. The minimum atomic E-state index is -0.122. The van der Waals surface area contributed by atoms with E-state index in [4.69, 9.17) is 4.52 Å². The SMILES string of the molecule is CCn1cc(-c2cc(C(=O)N3C[C@@H]4C[C@@]5(C)[C@H](CCCC[C@@H]35)N4C(C)=O)on2)cn1. The smallest absolute Gasteiger partial charge is 0.292 e. The fraction of sp³-hybridized carbons (Fsp3) is 0.636. The number of fused-ring (bicyclic) bond motifs is 1. The van der Waals surface area contributed by atoms with Crippen LogP contribution in [0.2, 0.25) is 0 Å². The van der Waals surface area contributed by atoms with Crippen molar-refractivity contribution in [1.29, 1.82) is 0 Å². The second kappa shape index (κ2) is 6.96. The highest BCUT2D eigenvalue weighted by atomic mass is 16.5. The van der Waals surface area contributed by atoms with Gasteiger partial charge in [0.05, 0.1) is 12.2 Å². The maximum atomic E-state index is 13.5. The molecular weight excluding hydrogens is 382 g/mol. The molecule has 8 nitrogen and oxygen atoms in total. The molecular formula is C22H29N5O3. The lowest BCUT2D eigenvalue weighted by Crippen LogP contribution is -2.55. The zero-order valence-electron chi connectivity index (χ0n) is 17.9. The van der Waals surface area contributed by atoms with Crippen molar-refractivity contribution in [1.82, 2.24) is 24.7 Å². The summed E-state index contributed by atoms with van der Waals surface area (Å²) in [7, 11) is 0. The van der Waals surface area contributed by atoms with Crippen LogP contribution in [-0.2, 0) is 11.3 Å². The summed E-state index contributed by atoms with van der Waals surface area (Å²) in [4.78, 5) is 30.0. The van der Waals surface area contributed by atoms with Gasteiger partial charge in [-0.05, 0) is 26.2 Å². The van der Waals surface area contributed by atoms with E-state index < -0.39 is 0 Å². The van der Waals surface area contributed by atoms with Gasteiger partial charge in [0.15, 0.2) is 0 Å². The van der Waals surface area contributed by atoms with Crippen molar-refractivity contribution < 1.29 is 14.1 Å². The third-order valence-corrected chi connectivity index (χ3v) is 7.51.